The van der Waals surface area contributed by atoms with E-state index in [0.29, 0.717) is 18.8 Å². The number of Topliss-reactive ketones (excluding diaryl/α,β-unsaturated/α-hetero) is 1. The standard InChI is InChI=1S/C46H63N5O11/c1-22(2)21-51-18-16-46(17-19-51)48-34-31-32-39(55)28(8)42-33(31)43(50-58)45(10,62-42)60-20-15-30(59-11)25(5)41(61-29(9)52)27(7)38(54)26(6)37(53)23(3)13-12-14-24(4)44(57)47-36(40(32)56)35(34)49-46/h12-15,20,22-23,25-27,30,37-38,41,49,53-55,58H,16-19,21H2,1-11H3,(H,47,57)/b13-12+,20-15+,24-14-,50-43-/t23-,25+,26+,27+,30-,37-,38+,41+,45-/m0/s1. The van der Waals surface area contributed by atoms with E-state index in [4.69, 9.17) is 23.9 Å². The van der Waals surface area contributed by atoms with Crippen molar-refractivity contribution in [3.05, 3.63) is 69.8 Å². The third-order valence-corrected chi connectivity index (χ3v) is 13.1. The second-order valence-electron chi connectivity index (χ2n) is 18.1. The Morgan fingerprint density at radius 3 is 2.31 bits per heavy atom. The molecule has 62 heavy (non-hydrogen) atoms. The number of fused-ring (bicyclic) bond motifs is 3. The van der Waals surface area contributed by atoms with Crippen LogP contribution in [0, 0.1) is 36.5 Å². The molecule has 0 radical (unpaired) electrons. The molecule has 5 bridgehead atoms. The number of hydrogen-bond donors (Lipinski definition) is 6. The maximum atomic E-state index is 14.8. The SMILES string of the molecule is CO[C@H]1/C=C/O[C@@]2(C)Oc3c(C)c(O)c4c(c3/C2=N/O)C2=NC3(CCN(CC(C)C)CC3)NC2=C(NC(=O)/C(C)=C\C=C\[C@H](C)[C@H](O)[C@@H](C)[C@@H](O)[C@@H](C)[C@H](OC(C)=O)[C@@H]1C)C4=O. The highest BCUT2D eigenvalue weighted by atomic mass is 16.7. The molecule has 1 saturated heterocycles. The van der Waals surface area contributed by atoms with Crippen molar-refractivity contribution in [1.82, 2.24) is 15.5 Å². The van der Waals surface area contributed by atoms with Gasteiger partial charge in [0.15, 0.2) is 5.71 Å². The lowest BCUT2D eigenvalue weighted by Crippen LogP contribution is -2.50. The van der Waals surface area contributed by atoms with E-state index in [2.05, 4.69) is 34.5 Å². The molecule has 4 heterocycles. The zero-order valence-electron chi connectivity index (χ0n) is 37.6. The molecule has 338 valence electrons. The molecular weight excluding hydrogens is 799 g/mol. The van der Waals surface area contributed by atoms with Crippen molar-refractivity contribution in [3.63, 3.8) is 0 Å². The zero-order valence-corrected chi connectivity index (χ0v) is 37.6. The van der Waals surface area contributed by atoms with Gasteiger partial charge in [0.2, 0.25) is 5.78 Å². The molecule has 1 spiro atoms. The monoisotopic (exact) mass is 861 g/mol. The molecule has 0 saturated carbocycles. The number of nitrogens with zero attached hydrogens (tertiary/aromatic N) is 3. The Kier molecular flexibility index (Phi) is 13.5. The highest BCUT2D eigenvalue weighted by molar-refractivity contribution is 6.35. The van der Waals surface area contributed by atoms with Crippen molar-refractivity contribution in [2.24, 2.45) is 39.7 Å². The third kappa shape index (κ3) is 8.53. The molecule has 16 nitrogen and oxygen atoms in total. The molecule has 0 aromatic heterocycles. The largest absolute Gasteiger partial charge is 0.507 e. The number of esters is 1. The van der Waals surface area contributed by atoms with Crippen LogP contribution in [0.3, 0.4) is 0 Å². The van der Waals surface area contributed by atoms with Crippen LogP contribution >= 0.6 is 0 Å². The number of aliphatic imine (C=N–C) groups is 1. The highest BCUT2D eigenvalue weighted by Gasteiger charge is 2.54. The van der Waals surface area contributed by atoms with Crippen molar-refractivity contribution in [1.29, 1.82) is 0 Å². The number of nitrogens with one attached hydrogen (secondary N) is 2. The second-order valence-corrected chi connectivity index (χ2v) is 18.1. The van der Waals surface area contributed by atoms with Crippen molar-refractivity contribution >= 4 is 29.1 Å². The number of phenols is 1. The van der Waals surface area contributed by atoms with Crippen LogP contribution in [0.1, 0.15) is 102 Å². The fraction of sp³-hybridized carbons (Fsp3) is 0.587. The van der Waals surface area contributed by atoms with Crippen LogP contribution in [0.2, 0.25) is 0 Å². The van der Waals surface area contributed by atoms with Crippen molar-refractivity contribution in [2.75, 3.05) is 26.7 Å². The first-order valence-electron chi connectivity index (χ1n) is 21.5. The number of ether oxygens (including phenoxy) is 4. The van der Waals surface area contributed by atoms with Gasteiger partial charge >= 0.3 is 5.97 Å². The first-order chi connectivity index (χ1) is 29.2. The van der Waals surface area contributed by atoms with E-state index in [1.54, 1.807) is 65.8 Å². The average molecular weight is 862 g/mol. The summed E-state index contributed by atoms with van der Waals surface area (Å²) in [7, 11) is 1.47. The minimum atomic E-state index is -1.82. The van der Waals surface area contributed by atoms with Crippen LogP contribution in [-0.2, 0) is 23.8 Å². The predicted molar refractivity (Wildman–Crippen MR) is 231 cm³/mol. The van der Waals surface area contributed by atoms with Gasteiger partial charge in [-0.3, -0.25) is 19.4 Å². The number of likely N-dealkylation sites (tertiary alicyclic amines) is 1. The molecule has 16 heteroatoms. The van der Waals surface area contributed by atoms with Crippen molar-refractivity contribution in [2.45, 2.75) is 118 Å². The summed E-state index contributed by atoms with van der Waals surface area (Å²) in [6.45, 7) is 19.7. The molecule has 9 atom stereocenters. The Morgan fingerprint density at radius 2 is 1.69 bits per heavy atom. The van der Waals surface area contributed by atoms with Crippen molar-refractivity contribution in [3.8, 4) is 11.5 Å². The minimum absolute atomic E-state index is 0.0978. The number of piperidine rings is 1. The van der Waals surface area contributed by atoms with E-state index in [0.717, 1.165) is 19.6 Å². The Bertz CT molecular complexity index is 2150. The number of hydrogen-bond acceptors (Lipinski definition) is 15. The van der Waals surface area contributed by atoms with Crippen molar-refractivity contribution < 1.29 is 53.9 Å². The number of aromatic hydroxyl groups is 1. The first kappa shape index (κ1) is 46.5. The summed E-state index contributed by atoms with van der Waals surface area (Å²) >= 11 is 0. The van der Waals surface area contributed by atoms with Gasteiger partial charge in [0.1, 0.15) is 29.0 Å². The van der Waals surface area contributed by atoms with Crippen LogP contribution in [0.5, 0.6) is 11.5 Å². The molecule has 6 N–H and O–H groups in total. The molecular formula is C46H63N5O11. The van der Waals surface area contributed by atoms with E-state index in [-0.39, 0.29) is 56.4 Å². The van der Waals surface area contributed by atoms with Gasteiger partial charge in [-0.25, -0.2) is 0 Å². The molecule has 1 aliphatic carbocycles. The van der Waals surface area contributed by atoms with E-state index < -0.39 is 82.9 Å². The van der Waals surface area contributed by atoms with E-state index in [9.17, 15) is 34.9 Å². The number of amides is 1. The lowest BCUT2D eigenvalue weighted by Gasteiger charge is -2.38. The lowest BCUT2D eigenvalue weighted by molar-refractivity contribution is -0.160. The van der Waals surface area contributed by atoms with Crippen LogP contribution in [0.15, 0.2) is 57.7 Å². The molecule has 5 aliphatic rings. The molecule has 6 rings (SSSR count). The van der Waals surface area contributed by atoms with Crippen LogP contribution < -0.4 is 15.4 Å². The summed E-state index contributed by atoms with van der Waals surface area (Å²) < 4.78 is 24.3. The fourth-order valence-corrected chi connectivity index (χ4v) is 9.43. The Hall–Kier alpha value is -5.03. The number of oxime groups is 1. The van der Waals surface area contributed by atoms with Gasteiger partial charge in [-0.15, -0.1) is 0 Å². The molecule has 1 fully saturated rings. The molecule has 1 aromatic carbocycles. The average Bonchev–Trinajstić information content (AvgIpc) is 3.75. The van der Waals surface area contributed by atoms with Gasteiger partial charge in [0.05, 0.1) is 47.1 Å². The first-order valence-corrected chi connectivity index (χ1v) is 21.5. The topological polar surface area (TPSA) is 221 Å². The van der Waals surface area contributed by atoms with Gasteiger partial charge in [-0.1, -0.05) is 64.9 Å². The number of rotatable bonds is 4. The van der Waals surface area contributed by atoms with Crippen LogP contribution in [-0.4, -0.2) is 117 Å². The molecule has 1 amide bonds. The summed E-state index contributed by atoms with van der Waals surface area (Å²) in [5.74, 6) is -5.87. The number of carbonyl (C=O) groups is 3. The van der Waals surface area contributed by atoms with Gasteiger partial charge in [-0.2, -0.15) is 0 Å². The number of methoxy groups -OCH3 is 1. The Balaban J connectivity index is 1.51. The fourth-order valence-electron chi connectivity index (χ4n) is 9.43. The Morgan fingerprint density at radius 1 is 1.02 bits per heavy atom. The summed E-state index contributed by atoms with van der Waals surface area (Å²) in [4.78, 5) is 48.8. The van der Waals surface area contributed by atoms with Crippen LogP contribution in [0.4, 0.5) is 0 Å². The highest BCUT2D eigenvalue weighted by Crippen LogP contribution is 2.50. The third-order valence-electron chi connectivity index (χ3n) is 13.1. The molecule has 1 aromatic rings. The quantitative estimate of drug-likeness (QED) is 0.139. The van der Waals surface area contributed by atoms with E-state index in [1.807, 2.05) is 0 Å². The number of aliphatic hydroxyl groups excluding tert-OH is 2. The Labute approximate surface area is 363 Å². The van der Waals surface area contributed by atoms with Crippen LogP contribution in [0.25, 0.3) is 0 Å². The zero-order chi connectivity index (χ0) is 45.6. The van der Waals surface area contributed by atoms with Gasteiger partial charge < -0.3 is 55.0 Å². The summed E-state index contributed by atoms with van der Waals surface area (Å²) in [5.41, 5.74) is 0.119. The summed E-state index contributed by atoms with van der Waals surface area (Å²) in [6.07, 6.45) is 5.17. The molecule has 0 unspecified atom stereocenters. The minimum Gasteiger partial charge on any atom is -0.507 e. The van der Waals surface area contributed by atoms with E-state index >= 15 is 0 Å². The summed E-state index contributed by atoms with van der Waals surface area (Å²) in [5, 5.41) is 55.7. The second kappa shape index (κ2) is 18.0. The van der Waals surface area contributed by atoms with Gasteiger partial charge in [-0.05, 0) is 25.8 Å². The van der Waals surface area contributed by atoms with Gasteiger partial charge in [0, 0.05) is 93.8 Å². The lowest BCUT2D eigenvalue weighted by atomic mass is 9.78. The normalized spacial score (nSPS) is 34.1. The number of carbonyl (C=O) groups excluding carboxylic acids is 3. The van der Waals surface area contributed by atoms with E-state index in [1.165, 1.54) is 27.2 Å². The smallest absolute Gasteiger partial charge is 0.302 e. The number of allylic oxidation sites excluding steroid dienone is 4. The number of ketones is 1. The summed E-state index contributed by atoms with van der Waals surface area (Å²) in [6, 6.07) is 0. The predicted octanol–water partition coefficient (Wildman–Crippen LogP) is 4.61. The maximum absolute atomic E-state index is 14.8. The number of aliphatic hydroxyl groups is 2. The molecule has 4 aliphatic heterocycles. The maximum Gasteiger partial charge on any atom is 0.302 e. The number of benzene rings is 1. The number of phenolic OH excluding ortho intramolecular Hbond substituents is 1. The van der Waals surface area contributed by atoms with Gasteiger partial charge in [0.25, 0.3) is 11.7 Å².